The lowest BCUT2D eigenvalue weighted by Gasteiger charge is -2.06. The molecule has 3 rings (SSSR count). The van der Waals surface area contributed by atoms with E-state index in [1.165, 1.54) is 17.7 Å². The molecular weight excluding hydrogens is 379 g/mol. The van der Waals surface area contributed by atoms with Gasteiger partial charge < -0.3 is 10.5 Å². The lowest BCUT2D eigenvalue weighted by Crippen LogP contribution is -2.05. The van der Waals surface area contributed by atoms with E-state index >= 15 is 0 Å². The fourth-order valence-electron chi connectivity index (χ4n) is 2.26. The van der Waals surface area contributed by atoms with Gasteiger partial charge in [-0.3, -0.25) is 9.78 Å². The normalized spacial score (nSPS) is 9.63. The van der Waals surface area contributed by atoms with Crippen molar-refractivity contribution in [1.82, 2.24) is 4.98 Å². The number of amides is 1. The van der Waals surface area contributed by atoms with E-state index in [1.807, 2.05) is 31.2 Å². The van der Waals surface area contributed by atoms with Gasteiger partial charge in [0.05, 0.1) is 6.20 Å². The molecule has 3 aromatic rings. The Balaban J connectivity index is 0.000000287. The first kappa shape index (κ1) is 24.1. The first-order valence-corrected chi connectivity index (χ1v) is 9.22. The first-order valence-electron chi connectivity index (χ1n) is 9.22. The highest BCUT2D eigenvalue weighted by molar-refractivity contribution is 5.90. The van der Waals surface area contributed by atoms with Crippen molar-refractivity contribution in [2.75, 3.05) is 0 Å². The molecular formula is C25H25FN2O2. The zero-order chi connectivity index (χ0) is 22.4. The van der Waals surface area contributed by atoms with Crippen molar-refractivity contribution in [2.45, 2.75) is 20.3 Å². The molecule has 0 saturated carbocycles. The number of aryl methyl sites for hydroxylation is 2. The molecule has 0 unspecified atom stereocenters. The molecule has 1 amide bonds. The summed E-state index contributed by atoms with van der Waals surface area (Å²) in [6.07, 6.45) is 13.2. The van der Waals surface area contributed by atoms with Crippen LogP contribution in [0.1, 0.15) is 23.7 Å². The number of rotatable bonds is 5. The van der Waals surface area contributed by atoms with E-state index in [0.29, 0.717) is 5.56 Å². The summed E-state index contributed by atoms with van der Waals surface area (Å²) in [5.41, 5.74) is 7.47. The molecule has 0 saturated heterocycles. The monoisotopic (exact) mass is 404 g/mol. The standard InChI is InChI=1S/C14H15NO.C9H8FNO.C2H2/c1-3-12-5-4-6-13(9-12)16-14-8-7-11(2)15-10-14;10-8-4-2-1-3-7(8)5-6-9(11)12;1-2/h4-10H,3H2,1-2H3;1-6H,(H2,11,12);1-2H/b;6-5+;. The number of hydrogen-bond donors (Lipinski definition) is 1. The Morgan fingerprint density at radius 2 is 1.83 bits per heavy atom. The summed E-state index contributed by atoms with van der Waals surface area (Å²) < 4.78 is 18.6. The smallest absolute Gasteiger partial charge is 0.241 e. The minimum Gasteiger partial charge on any atom is -0.456 e. The second-order valence-corrected chi connectivity index (χ2v) is 6.00. The van der Waals surface area contributed by atoms with Gasteiger partial charge in [-0.05, 0) is 55.3 Å². The summed E-state index contributed by atoms with van der Waals surface area (Å²) in [7, 11) is 0. The van der Waals surface area contributed by atoms with Gasteiger partial charge in [-0.1, -0.05) is 37.3 Å². The highest BCUT2D eigenvalue weighted by Gasteiger charge is 1.98. The molecule has 4 nitrogen and oxygen atoms in total. The molecule has 0 atom stereocenters. The van der Waals surface area contributed by atoms with Crippen molar-refractivity contribution in [3.8, 4) is 24.3 Å². The van der Waals surface area contributed by atoms with Gasteiger partial charge in [-0.2, -0.15) is 0 Å². The van der Waals surface area contributed by atoms with Crippen molar-refractivity contribution in [2.24, 2.45) is 5.73 Å². The largest absolute Gasteiger partial charge is 0.456 e. The number of ether oxygens (including phenoxy) is 1. The number of pyridine rings is 1. The van der Waals surface area contributed by atoms with Gasteiger partial charge in [-0.25, -0.2) is 4.39 Å². The Kier molecular flexibility index (Phi) is 10.7. The molecule has 0 bridgehead atoms. The van der Waals surface area contributed by atoms with Crippen LogP contribution in [-0.2, 0) is 11.2 Å². The number of carbonyl (C=O) groups excluding carboxylic acids is 1. The highest BCUT2D eigenvalue weighted by atomic mass is 19.1. The number of nitrogens with zero attached hydrogens (tertiary/aromatic N) is 1. The van der Waals surface area contributed by atoms with Gasteiger partial charge in [0.25, 0.3) is 0 Å². The predicted octanol–water partition coefficient (Wildman–Crippen LogP) is 5.32. The Labute approximate surface area is 177 Å². The number of benzene rings is 2. The van der Waals surface area contributed by atoms with Gasteiger partial charge in [0.2, 0.25) is 5.91 Å². The van der Waals surface area contributed by atoms with Crippen molar-refractivity contribution >= 4 is 12.0 Å². The average Bonchev–Trinajstić information content (AvgIpc) is 2.77. The van der Waals surface area contributed by atoms with Crippen LogP contribution >= 0.6 is 0 Å². The molecule has 0 aliphatic heterocycles. The van der Waals surface area contributed by atoms with E-state index in [0.717, 1.165) is 29.7 Å². The van der Waals surface area contributed by atoms with E-state index in [-0.39, 0.29) is 5.82 Å². The lowest BCUT2D eigenvalue weighted by molar-refractivity contribution is -0.113. The van der Waals surface area contributed by atoms with Crippen LogP contribution in [-0.4, -0.2) is 10.9 Å². The number of terminal acetylenes is 1. The molecule has 0 spiro atoms. The number of aromatic nitrogens is 1. The van der Waals surface area contributed by atoms with Crippen LogP contribution in [0.15, 0.2) is 72.9 Å². The number of primary amides is 1. The molecule has 2 aromatic carbocycles. The minimum absolute atomic E-state index is 0.358. The van der Waals surface area contributed by atoms with Gasteiger partial charge >= 0.3 is 0 Å². The molecule has 0 fully saturated rings. The van der Waals surface area contributed by atoms with Crippen LogP contribution in [0.3, 0.4) is 0 Å². The molecule has 0 aliphatic carbocycles. The van der Waals surface area contributed by atoms with Gasteiger partial charge in [0.15, 0.2) is 0 Å². The molecule has 0 aliphatic rings. The van der Waals surface area contributed by atoms with E-state index in [1.54, 1.807) is 24.4 Å². The first-order chi connectivity index (χ1) is 14.5. The summed E-state index contributed by atoms with van der Waals surface area (Å²) in [5, 5.41) is 0. The van der Waals surface area contributed by atoms with Crippen molar-refractivity contribution < 1.29 is 13.9 Å². The average molecular weight is 404 g/mol. The zero-order valence-corrected chi connectivity index (χ0v) is 17.1. The quantitative estimate of drug-likeness (QED) is 0.462. The maximum Gasteiger partial charge on any atom is 0.241 e. The second-order valence-electron chi connectivity index (χ2n) is 6.00. The number of nitrogens with two attached hydrogens (primary N) is 1. The van der Waals surface area contributed by atoms with Crippen LogP contribution in [0, 0.1) is 25.6 Å². The third-order valence-electron chi connectivity index (χ3n) is 3.76. The molecule has 2 N–H and O–H groups in total. The van der Waals surface area contributed by atoms with Crippen LogP contribution < -0.4 is 10.5 Å². The molecule has 30 heavy (non-hydrogen) atoms. The summed E-state index contributed by atoms with van der Waals surface area (Å²) in [6, 6.07) is 18.1. The van der Waals surface area contributed by atoms with E-state index in [4.69, 9.17) is 10.5 Å². The van der Waals surface area contributed by atoms with Crippen molar-refractivity contribution in [1.29, 1.82) is 0 Å². The van der Waals surface area contributed by atoms with E-state index in [2.05, 4.69) is 36.9 Å². The van der Waals surface area contributed by atoms with Crippen LogP contribution in [0.2, 0.25) is 0 Å². The molecule has 154 valence electrons. The molecule has 0 radical (unpaired) electrons. The molecule has 5 heteroatoms. The Bertz CT molecular complexity index is 980. The maximum atomic E-state index is 12.8. The van der Waals surface area contributed by atoms with Crippen LogP contribution in [0.4, 0.5) is 4.39 Å². The number of halogens is 1. The van der Waals surface area contributed by atoms with Crippen molar-refractivity contribution in [3.05, 3.63) is 95.6 Å². The van der Waals surface area contributed by atoms with Crippen LogP contribution in [0.5, 0.6) is 11.5 Å². The Hall–Kier alpha value is -3.91. The summed E-state index contributed by atoms with van der Waals surface area (Å²) >= 11 is 0. The minimum atomic E-state index is -0.585. The number of hydrogen-bond acceptors (Lipinski definition) is 3. The van der Waals surface area contributed by atoms with E-state index in [9.17, 15) is 9.18 Å². The summed E-state index contributed by atoms with van der Waals surface area (Å²) in [4.78, 5) is 14.5. The fraction of sp³-hybridized carbons (Fsp3) is 0.120. The molecule has 1 heterocycles. The lowest BCUT2D eigenvalue weighted by atomic mass is 10.2. The zero-order valence-electron chi connectivity index (χ0n) is 17.1. The maximum absolute atomic E-state index is 12.8. The van der Waals surface area contributed by atoms with Gasteiger partial charge in [-0.15, -0.1) is 12.8 Å². The van der Waals surface area contributed by atoms with Gasteiger partial charge in [0, 0.05) is 17.3 Å². The fourth-order valence-corrected chi connectivity index (χ4v) is 2.26. The third-order valence-corrected chi connectivity index (χ3v) is 3.76. The summed E-state index contributed by atoms with van der Waals surface area (Å²) in [5.74, 6) is 0.692. The third kappa shape index (κ3) is 8.85. The SMILES string of the molecule is C#C.CCc1cccc(Oc2ccc(C)nc2)c1.NC(=O)/C=C/c1ccccc1F. The summed E-state index contributed by atoms with van der Waals surface area (Å²) in [6.45, 7) is 4.09. The predicted molar refractivity (Wildman–Crippen MR) is 119 cm³/mol. The van der Waals surface area contributed by atoms with Crippen LogP contribution in [0.25, 0.3) is 6.08 Å². The Morgan fingerprint density at radius 1 is 1.10 bits per heavy atom. The topological polar surface area (TPSA) is 65.2 Å². The highest BCUT2D eigenvalue weighted by Crippen LogP contribution is 2.21. The molecule has 1 aromatic heterocycles. The van der Waals surface area contributed by atoms with E-state index < -0.39 is 5.91 Å². The second kappa shape index (κ2) is 13.3. The Morgan fingerprint density at radius 3 is 2.43 bits per heavy atom. The van der Waals surface area contributed by atoms with Gasteiger partial charge in [0.1, 0.15) is 17.3 Å². The van der Waals surface area contributed by atoms with Crippen molar-refractivity contribution in [3.63, 3.8) is 0 Å². The number of carbonyl (C=O) groups is 1.